The number of benzene rings is 2. The second-order valence-electron chi connectivity index (χ2n) is 4.14. The normalized spacial score (nSPS) is 12.0. The molecule has 1 atom stereocenters. The van der Waals surface area contributed by atoms with Crippen LogP contribution in [0.3, 0.4) is 0 Å². The van der Waals surface area contributed by atoms with Crippen LogP contribution in [0.15, 0.2) is 42.5 Å². The van der Waals surface area contributed by atoms with E-state index in [2.05, 4.69) is 0 Å². The van der Waals surface area contributed by atoms with E-state index < -0.39 is 11.9 Å². The van der Waals surface area contributed by atoms with E-state index in [9.17, 15) is 9.50 Å². The van der Waals surface area contributed by atoms with Gasteiger partial charge in [-0.3, -0.25) is 0 Å². The van der Waals surface area contributed by atoms with E-state index in [4.69, 9.17) is 9.47 Å². The monoisotopic (exact) mass is 262 g/mol. The Morgan fingerprint density at radius 3 is 2.53 bits per heavy atom. The molecule has 0 fully saturated rings. The molecular weight excluding hydrogens is 247 g/mol. The maximum absolute atomic E-state index is 13.2. The molecule has 2 aromatic rings. The number of rotatable bonds is 4. The molecule has 100 valence electrons. The van der Waals surface area contributed by atoms with Crippen LogP contribution in [-0.4, -0.2) is 12.2 Å². The molecule has 0 amide bonds. The van der Waals surface area contributed by atoms with Gasteiger partial charge in [-0.2, -0.15) is 0 Å². The molecule has 2 rings (SSSR count). The fourth-order valence-corrected chi connectivity index (χ4v) is 1.73. The van der Waals surface area contributed by atoms with Gasteiger partial charge in [-0.05, 0) is 37.3 Å². The van der Waals surface area contributed by atoms with Crippen molar-refractivity contribution in [3.63, 3.8) is 0 Å². The molecule has 0 aliphatic carbocycles. The first-order chi connectivity index (χ1) is 9.10. The quantitative estimate of drug-likeness (QED) is 0.913. The second kappa shape index (κ2) is 5.71. The van der Waals surface area contributed by atoms with E-state index in [1.54, 1.807) is 38.3 Å². The van der Waals surface area contributed by atoms with Gasteiger partial charge in [0.15, 0.2) is 0 Å². The van der Waals surface area contributed by atoms with Crippen molar-refractivity contribution < 1.29 is 19.0 Å². The highest BCUT2D eigenvalue weighted by Crippen LogP contribution is 2.31. The first kappa shape index (κ1) is 13.4. The van der Waals surface area contributed by atoms with Crippen LogP contribution in [0.25, 0.3) is 0 Å². The number of methoxy groups -OCH3 is 1. The molecule has 4 heteroatoms. The van der Waals surface area contributed by atoms with Crippen molar-refractivity contribution in [2.75, 3.05) is 7.11 Å². The minimum Gasteiger partial charge on any atom is -0.497 e. The van der Waals surface area contributed by atoms with E-state index in [0.29, 0.717) is 22.8 Å². The molecule has 0 spiro atoms. The zero-order chi connectivity index (χ0) is 13.8. The standard InChI is InChI=1S/C15H15FO3/c1-10(17)14-8-11(16)6-7-15(14)19-13-5-3-4-12(9-13)18-2/h3-10,17H,1-2H3. The maximum Gasteiger partial charge on any atom is 0.133 e. The summed E-state index contributed by atoms with van der Waals surface area (Å²) >= 11 is 0. The third-order valence-corrected chi connectivity index (χ3v) is 2.69. The second-order valence-corrected chi connectivity index (χ2v) is 4.14. The van der Waals surface area contributed by atoms with Gasteiger partial charge in [-0.1, -0.05) is 6.07 Å². The van der Waals surface area contributed by atoms with Gasteiger partial charge in [0.1, 0.15) is 23.1 Å². The highest BCUT2D eigenvalue weighted by Gasteiger charge is 2.11. The molecule has 2 aromatic carbocycles. The number of hydrogen-bond acceptors (Lipinski definition) is 3. The number of halogens is 1. The highest BCUT2D eigenvalue weighted by atomic mass is 19.1. The van der Waals surface area contributed by atoms with E-state index >= 15 is 0 Å². The van der Waals surface area contributed by atoms with E-state index in [1.165, 1.54) is 18.2 Å². The summed E-state index contributed by atoms with van der Waals surface area (Å²) in [6, 6.07) is 11.1. The lowest BCUT2D eigenvalue weighted by Gasteiger charge is -2.13. The molecule has 1 unspecified atom stereocenters. The Bertz CT molecular complexity index is 567. The van der Waals surface area contributed by atoms with Crippen LogP contribution < -0.4 is 9.47 Å². The van der Waals surface area contributed by atoms with Crippen LogP contribution in [0.5, 0.6) is 17.2 Å². The van der Waals surface area contributed by atoms with Crippen LogP contribution in [0, 0.1) is 5.82 Å². The molecule has 3 nitrogen and oxygen atoms in total. The summed E-state index contributed by atoms with van der Waals surface area (Å²) < 4.78 is 23.9. The fraction of sp³-hybridized carbons (Fsp3) is 0.200. The third-order valence-electron chi connectivity index (χ3n) is 2.69. The highest BCUT2D eigenvalue weighted by molar-refractivity contribution is 5.41. The Morgan fingerprint density at radius 2 is 1.84 bits per heavy atom. The van der Waals surface area contributed by atoms with Crippen LogP contribution in [0.4, 0.5) is 4.39 Å². The zero-order valence-corrected chi connectivity index (χ0v) is 10.8. The Balaban J connectivity index is 2.32. The van der Waals surface area contributed by atoms with Crippen molar-refractivity contribution in [3.05, 3.63) is 53.8 Å². The maximum atomic E-state index is 13.2. The minimum absolute atomic E-state index is 0.405. The Hall–Kier alpha value is -2.07. The summed E-state index contributed by atoms with van der Waals surface area (Å²) in [4.78, 5) is 0. The van der Waals surface area contributed by atoms with Crippen LogP contribution in [-0.2, 0) is 0 Å². The lowest BCUT2D eigenvalue weighted by molar-refractivity contribution is 0.195. The molecule has 0 aromatic heterocycles. The summed E-state index contributed by atoms with van der Waals surface area (Å²) in [5, 5.41) is 9.64. The molecule has 0 bridgehead atoms. The smallest absolute Gasteiger partial charge is 0.133 e. The van der Waals surface area contributed by atoms with Crippen LogP contribution in [0.2, 0.25) is 0 Å². The van der Waals surface area contributed by atoms with Gasteiger partial charge in [0, 0.05) is 11.6 Å². The largest absolute Gasteiger partial charge is 0.497 e. The van der Waals surface area contributed by atoms with Crippen molar-refractivity contribution in [2.45, 2.75) is 13.0 Å². The predicted octanol–water partition coefficient (Wildman–Crippen LogP) is 3.68. The Kier molecular flexibility index (Phi) is 4.02. The fourth-order valence-electron chi connectivity index (χ4n) is 1.73. The lowest BCUT2D eigenvalue weighted by atomic mass is 10.1. The minimum atomic E-state index is -0.809. The van der Waals surface area contributed by atoms with Gasteiger partial charge in [0.25, 0.3) is 0 Å². The van der Waals surface area contributed by atoms with Gasteiger partial charge < -0.3 is 14.6 Å². The molecule has 0 aliphatic rings. The predicted molar refractivity (Wildman–Crippen MR) is 70.1 cm³/mol. The first-order valence-corrected chi connectivity index (χ1v) is 5.89. The number of hydrogen-bond donors (Lipinski definition) is 1. The van der Waals surface area contributed by atoms with Crippen molar-refractivity contribution in [1.29, 1.82) is 0 Å². The van der Waals surface area contributed by atoms with Gasteiger partial charge >= 0.3 is 0 Å². The molecule has 0 heterocycles. The first-order valence-electron chi connectivity index (χ1n) is 5.89. The van der Waals surface area contributed by atoms with Crippen molar-refractivity contribution in [2.24, 2.45) is 0 Å². The molecule has 1 N–H and O–H groups in total. The van der Waals surface area contributed by atoms with Gasteiger partial charge in [0.05, 0.1) is 13.2 Å². The molecular formula is C15H15FO3. The molecule has 0 radical (unpaired) electrons. The van der Waals surface area contributed by atoms with Crippen LogP contribution >= 0.6 is 0 Å². The van der Waals surface area contributed by atoms with Crippen molar-refractivity contribution in [1.82, 2.24) is 0 Å². The number of aliphatic hydroxyl groups excluding tert-OH is 1. The summed E-state index contributed by atoms with van der Waals surface area (Å²) in [6.07, 6.45) is -0.809. The lowest BCUT2D eigenvalue weighted by Crippen LogP contribution is -1.97. The third kappa shape index (κ3) is 3.23. The summed E-state index contributed by atoms with van der Waals surface area (Å²) in [7, 11) is 1.57. The number of aliphatic hydroxyl groups is 1. The van der Waals surface area contributed by atoms with Crippen LogP contribution in [0.1, 0.15) is 18.6 Å². The number of ether oxygens (including phenoxy) is 2. The summed E-state index contributed by atoms with van der Waals surface area (Å²) in [5.41, 5.74) is 0.405. The Labute approximate surface area is 111 Å². The molecule has 0 saturated carbocycles. The van der Waals surface area contributed by atoms with E-state index in [-0.39, 0.29) is 0 Å². The summed E-state index contributed by atoms with van der Waals surface area (Å²) in [5.74, 6) is 1.24. The van der Waals surface area contributed by atoms with Crippen molar-refractivity contribution >= 4 is 0 Å². The van der Waals surface area contributed by atoms with Crippen molar-refractivity contribution in [3.8, 4) is 17.2 Å². The molecule has 19 heavy (non-hydrogen) atoms. The van der Waals surface area contributed by atoms with E-state index in [0.717, 1.165) is 0 Å². The average Bonchev–Trinajstić information content (AvgIpc) is 2.41. The average molecular weight is 262 g/mol. The van der Waals surface area contributed by atoms with Gasteiger partial charge in [-0.25, -0.2) is 4.39 Å². The van der Waals surface area contributed by atoms with Gasteiger partial charge in [-0.15, -0.1) is 0 Å². The van der Waals surface area contributed by atoms with E-state index in [1.807, 2.05) is 0 Å². The Morgan fingerprint density at radius 1 is 1.11 bits per heavy atom. The SMILES string of the molecule is COc1cccc(Oc2ccc(F)cc2C(C)O)c1. The zero-order valence-electron chi connectivity index (χ0n) is 10.8. The summed E-state index contributed by atoms with van der Waals surface area (Å²) in [6.45, 7) is 1.56. The molecule has 0 aliphatic heterocycles. The molecule has 0 saturated heterocycles. The van der Waals surface area contributed by atoms with Gasteiger partial charge in [0.2, 0.25) is 0 Å². The topological polar surface area (TPSA) is 38.7 Å².